The summed E-state index contributed by atoms with van der Waals surface area (Å²) in [7, 11) is 3.53. The zero-order chi connectivity index (χ0) is 25.0. The van der Waals surface area contributed by atoms with Crippen LogP contribution in [0.1, 0.15) is 82.7 Å². The van der Waals surface area contributed by atoms with Crippen molar-refractivity contribution < 1.29 is 19.1 Å². The monoisotopic (exact) mass is 501 g/mol. The molecule has 0 saturated heterocycles. The van der Waals surface area contributed by atoms with Gasteiger partial charge in [-0.2, -0.15) is 0 Å². The van der Waals surface area contributed by atoms with Crippen LogP contribution in [0.4, 0.5) is 5.13 Å². The fraction of sp³-hybridized carbons (Fsp3) is 0.630. The normalized spacial score (nSPS) is 20.0. The molecule has 2 aliphatic carbocycles. The van der Waals surface area contributed by atoms with Crippen LogP contribution in [0.2, 0.25) is 0 Å². The lowest BCUT2D eigenvalue weighted by Gasteiger charge is -2.32. The van der Waals surface area contributed by atoms with Crippen LogP contribution in [-0.4, -0.2) is 48.7 Å². The van der Waals surface area contributed by atoms with Crippen molar-refractivity contribution in [2.75, 3.05) is 26.0 Å². The Labute approximate surface area is 213 Å². The van der Waals surface area contributed by atoms with E-state index in [0.717, 1.165) is 43.7 Å². The Morgan fingerprint density at radius 1 is 1.14 bits per heavy atom. The van der Waals surface area contributed by atoms with Gasteiger partial charge in [0.1, 0.15) is 0 Å². The van der Waals surface area contributed by atoms with Gasteiger partial charge >= 0.3 is 5.97 Å². The summed E-state index contributed by atoms with van der Waals surface area (Å²) in [6, 6.07) is 0. The molecule has 0 unspecified atom stereocenters. The molecule has 35 heavy (non-hydrogen) atoms. The van der Waals surface area contributed by atoms with Crippen LogP contribution in [-0.2, 0) is 25.5 Å². The molecule has 0 atom stereocenters. The third-order valence-corrected chi connectivity index (χ3v) is 7.81. The van der Waals surface area contributed by atoms with E-state index in [0.29, 0.717) is 23.5 Å². The molecule has 192 valence electrons. The molecule has 1 heterocycles. The molecule has 7 nitrogen and oxygen atoms in total. The fourth-order valence-corrected chi connectivity index (χ4v) is 5.79. The molecule has 0 bridgehead atoms. The predicted molar refractivity (Wildman–Crippen MR) is 139 cm³/mol. The summed E-state index contributed by atoms with van der Waals surface area (Å²) in [4.78, 5) is 43.0. The first-order valence-electron chi connectivity index (χ1n) is 12.9. The summed E-state index contributed by atoms with van der Waals surface area (Å²) >= 11 is 1.28. The van der Waals surface area contributed by atoms with Crippen molar-refractivity contribution in [1.82, 2.24) is 9.88 Å². The van der Waals surface area contributed by atoms with Gasteiger partial charge in [0.05, 0.1) is 24.8 Å². The number of nitrogens with one attached hydrogen (secondary N) is 1. The van der Waals surface area contributed by atoms with Crippen molar-refractivity contribution in [3.8, 4) is 0 Å². The van der Waals surface area contributed by atoms with Gasteiger partial charge in [-0.15, -0.1) is 11.3 Å². The van der Waals surface area contributed by atoms with E-state index in [9.17, 15) is 14.4 Å². The van der Waals surface area contributed by atoms with Crippen molar-refractivity contribution in [2.24, 2.45) is 5.92 Å². The van der Waals surface area contributed by atoms with E-state index in [2.05, 4.69) is 27.0 Å². The van der Waals surface area contributed by atoms with E-state index in [-0.39, 0.29) is 18.0 Å². The average molecular weight is 502 g/mol. The smallest absolute Gasteiger partial charge is 0.305 e. The Morgan fingerprint density at radius 3 is 2.57 bits per heavy atom. The lowest BCUT2D eigenvalue weighted by atomic mass is 9.88. The third-order valence-electron chi connectivity index (χ3n) is 7.00. The minimum Gasteiger partial charge on any atom is -0.469 e. The molecule has 1 fully saturated rings. The molecule has 0 radical (unpaired) electrons. The van der Waals surface area contributed by atoms with E-state index in [4.69, 9.17) is 0 Å². The van der Waals surface area contributed by atoms with Gasteiger partial charge < -0.3 is 9.64 Å². The van der Waals surface area contributed by atoms with Crippen molar-refractivity contribution >= 4 is 34.6 Å². The third kappa shape index (κ3) is 8.60. The number of hydrogen-bond donors (Lipinski definition) is 1. The van der Waals surface area contributed by atoms with Crippen molar-refractivity contribution in [3.05, 3.63) is 34.0 Å². The number of nitrogens with zero attached hydrogens (tertiary/aromatic N) is 2. The first-order valence-corrected chi connectivity index (χ1v) is 13.8. The summed E-state index contributed by atoms with van der Waals surface area (Å²) in [5.74, 6) is -0.0201. The van der Waals surface area contributed by atoms with Crippen molar-refractivity contribution in [1.29, 1.82) is 0 Å². The number of rotatable bonds is 10. The molecule has 0 aliphatic heterocycles. The highest BCUT2D eigenvalue weighted by atomic mass is 32.1. The zero-order valence-corrected chi connectivity index (χ0v) is 22.0. The quantitative estimate of drug-likeness (QED) is 0.151. The molecule has 1 aromatic heterocycles. The SMILES string of the molecule is COC(=O)CCc1csc(NC(=O)/C(C=O)=C/C2=C(\N(C)CC3CCCCC3)CCCCCC2)n1. The van der Waals surface area contributed by atoms with Gasteiger partial charge in [0.25, 0.3) is 5.91 Å². The standard InChI is InChI=1S/C27H39N3O4S/c1-30(17-20-10-6-5-7-11-20)24-13-9-4-3-8-12-21(24)16-22(18-31)26(33)29-27-28-23(19-35-27)14-15-25(32)34-2/h16,18-20H,3-15,17H2,1-2H3,(H,28,29,33)/b22-16+,24-21-. The molecule has 1 N–H and O–H groups in total. The Balaban J connectivity index is 1.73. The van der Waals surface area contributed by atoms with Crippen LogP contribution in [0, 0.1) is 5.92 Å². The molecule has 2 aliphatic rings. The van der Waals surface area contributed by atoms with E-state index < -0.39 is 5.91 Å². The molecule has 1 aromatic rings. The number of amides is 1. The number of hydrogen-bond acceptors (Lipinski definition) is 7. The van der Waals surface area contributed by atoms with Gasteiger partial charge in [-0.05, 0) is 56.1 Å². The van der Waals surface area contributed by atoms with Crippen LogP contribution < -0.4 is 5.32 Å². The second kappa shape index (κ2) is 14.2. The van der Waals surface area contributed by atoms with Crippen molar-refractivity contribution in [3.63, 3.8) is 0 Å². The molecule has 3 rings (SSSR count). The maximum atomic E-state index is 12.9. The molecular weight excluding hydrogens is 462 g/mol. The van der Waals surface area contributed by atoms with E-state index >= 15 is 0 Å². The van der Waals surface area contributed by atoms with Gasteiger partial charge in [-0.3, -0.25) is 19.7 Å². The number of allylic oxidation sites excluding steroid dienone is 3. The summed E-state index contributed by atoms with van der Waals surface area (Å²) < 4.78 is 4.66. The highest BCUT2D eigenvalue weighted by Gasteiger charge is 2.20. The molecule has 0 spiro atoms. The van der Waals surface area contributed by atoms with Gasteiger partial charge in [0, 0.05) is 31.1 Å². The number of aromatic nitrogens is 1. The number of aldehydes is 1. The van der Waals surface area contributed by atoms with E-state index in [1.54, 1.807) is 11.5 Å². The molecule has 1 amide bonds. The van der Waals surface area contributed by atoms with Gasteiger partial charge in [-0.1, -0.05) is 32.1 Å². The largest absolute Gasteiger partial charge is 0.469 e. The van der Waals surface area contributed by atoms with E-state index in [1.807, 2.05) is 0 Å². The minimum atomic E-state index is -0.447. The molecule has 8 heteroatoms. The minimum absolute atomic E-state index is 0.121. The van der Waals surface area contributed by atoms with Crippen LogP contribution in [0.25, 0.3) is 0 Å². The Morgan fingerprint density at radius 2 is 1.86 bits per heavy atom. The Bertz CT molecular complexity index is 931. The number of thiazole rings is 1. The highest BCUT2D eigenvalue weighted by molar-refractivity contribution is 7.14. The number of aryl methyl sites for hydroxylation is 1. The molecule has 0 aromatic carbocycles. The topological polar surface area (TPSA) is 88.6 Å². The fourth-order valence-electron chi connectivity index (χ4n) is 5.05. The van der Waals surface area contributed by atoms with Gasteiger partial charge in [0.15, 0.2) is 11.4 Å². The highest BCUT2D eigenvalue weighted by Crippen LogP contribution is 2.30. The Kier molecular flexibility index (Phi) is 11.0. The summed E-state index contributed by atoms with van der Waals surface area (Å²) in [5.41, 5.74) is 3.22. The number of esters is 1. The van der Waals surface area contributed by atoms with Gasteiger partial charge in [0.2, 0.25) is 0 Å². The first-order chi connectivity index (χ1) is 17.0. The lowest BCUT2D eigenvalue weighted by molar-refractivity contribution is -0.140. The van der Waals surface area contributed by atoms with Crippen LogP contribution >= 0.6 is 11.3 Å². The number of carbonyl (C=O) groups excluding carboxylic acids is 3. The van der Waals surface area contributed by atoms with E-state index in [1.165, 1.54) is 69.1 Å². The summed E-state index contributed by atoms with van der Waals surface area (Å²) in [6.45, 7) is 1.04. The van der Waals surface area contributed by atoms with Crippen molar-refractivity contribution in [2.45, 2.75) is 83.5 Å². The number of carbonyl (C=O) groups is 3. The lowest BCUT2D eigenvalue weighted by Crippen LogP contribution is -2.28. The summed E-state index contributed by atoms with van der Waals surface area (Å²) in [5, 5.41) is 4.98. The maximum Gasteiger partial charge on any atom is 0.305 e. The summed E-state index contributed by atoms with van der Waals surface area (Å²) in [6.07, 6.45) is 16.2. The maximum absolute atomic E-state index is 12.9. The van der Waals surface area contributed by atoms with Crippen LogP contribution in [0.3, 0.4) is 0 Å². The molecule has 1 saturated carbocycles. The molecular formula is C27H39N3O4S. The second-order valence-corrected chi connectivity index (χ2v) is 10.5. The average Bonchev–Trinajstić information content (AvgIpc) is 3.29. The Hall–Kier alpha value is -2.48. The second-order valence-electron chi connectivity index (χ2n) is 9.66. The van der Waals surface area contributed by atoms with Crippen LogP contribution in [0.5, 0.6) is 0 Å². The number of anilines is 1. The number of methoxy groups -OCH3 is 1. The van der Waals surface area contributed by atoms with Gasteiger partial charge in [-0.25, -0.2) is 4.98 Å². The number of ether oxygens (including phenoxy) is 1. The first kappa shape index (κ1) is 27.1. The zero-order valence-electron chi connectivity index (χ0n) is 21.1. The predicted octanol–water partition coefficient (Wildman–Crippen LogP) is 5.43. The van der Waals surface area contributed by atoms with Crippen LogP contribution in [0.15, 0.2) is 28.3 Å².